The third-order valence-electron chi connectivity index (χ3n) is 4.00. The fraction of sp³-hybridized carbons (Fsp3) is 0.688. The van der Waals surface area contributed by atoms with Gasteiger partial charge in [0.05, 0.1) is 12.5 Å². The number of rotatable bonds is 9. The normalized spacial score (nSPS) is 13.0. The number of thiophene rings is 1. The van der Waals surface area contributed by atoms with Gasteiger partial charge in [-0.3, -0.25) is 4.79 Å². The van der Waals surface area contributed by atoms with E-state index in [1.54, 1.807) is 11.3 Å². The lowest BCUT2D eigenvalue weighted by atomic mass is 10.0. The number of halogens is 2. The maximum atomic E-state index is 12.6. The van der Waals surface area contributed by atoms with Crippen LogP contribution in [0.15, 0.2) is 17.5 Å². The van der Waals surface area contributed by atoms with Crippen molar-refractivity contribution in [3.05, 3.63) is 22.4 Å². The van der Waals surface area contributed by atoms with Crippen molar-refractivity contribution < 1.29 is 4.79 Å². The van der Waals surface area contributed by atoms with Crippen molar-refractivity contribution >= 4 is 42.1 Å². The van der Waals surface area contributed by atoms with Crippen LogP contribution in [0.3, 0.4) is 0 Å². The summed E-state index contributed by atoms with van der Waals surface area (Å²) in [5, 5.41) is 2.05. The molecular weight excluding hydrogens is 353 g/mol. The van der Waals surface area contributed by atoms with E-state index < -0.39 is 0 Å². The van der Waals surface area contributed by atoms with E-state index in [4.69, 9.17) is 5.73 Å². The Labute approximate surface area is 157 Å². The van der Waals surface area contributed by atoms with Gasteiger partial charge in [-0.15, -0.1) is 36.2 Å². The zero-order valence-corrected chi connectivity index (χ0v) is 17.0. The van der Waals surface area contributed by atoms with Crippen LogP contribution in [0.2, 0.25) is 0 Å². The highest BCUT2D eigenvalue weighted by Crippen LogP contribution is 2.15. The molecule has 4 nitrogen and oxygen atoms in total. The Hall–Kier alpha value is -0.330. The maximum Gasteiger partial charge on any atom is 0.227 e. The molecule has 0 fully saturated rings. The molecule has 1 heterocycles. The molecule has 0 radical (unpaired) electrons. The van der Waals surface area contributed by atoms with Crippen LogP contribution in [0.25, 0.3) is 0 Å². The van der Waals surface area contributed by atoms with Crippen molar-refractivity contribution in [1.29, 1.82) is 0 Å². The van der Waals surface area contributed by atoms with Gasteiger partial charge in [-0.1, -0.05) is 26.8 Å². The van der Waals surface area contributed by atoms with Crippen molar-refractivity contribution in [2.24, 2.45) is 11.7 Å². The summed E-state index contributed by atoms with van der Waals surface area (Å²) in [7, 11) is 0. The Morgan fingerprint density at radius 2 is 1.83 bits per heavy atom. The summed E-state index contributed by atoms with van der Waals surface area (Å²) in [4.78, 5) is 18.1. The van der Waals surface area contributed by atoms with Gasteiger partial charge in [0.15, 0.2) is 0 Å². The Bertz CT molecular complexity index is 411. The first-order valence-corrected chi connectivity index (χ1v) is 8.66. The van der Waals surface area contributed by atoms with Gasteiger partial charge in [-0.2, -0.15) is 0 Å². The molecule has 0 spiro atoms. The van der Waals surface area contributed by atoms with E-state index in [0.29, 0.717) is 6.54 Å². The number of amides is 1. The summed E-state index contributed by atoms with van der Waals surface area (Å²) < 4.78 is 0. The number of hydrogen-bond donors (Lipinski definition) is 1. The topological polar surface area (TPSA) is 49.6 Å². The van der Waals surface area contributed by atoms with E-state index >= 15 is 0 Å². The maximum absolute atomic E-state index is 12.6. The molecule has 7 heteroatoms. The van der Waals surface area contributed by atoms with E-state index in [2.05, 4.69) is 30.2 Å². The van der Waals surface area contributed by atoms with Crippen LogP contribution in [-0.4, -0.2) is 47.9 Å². The smallest absolute Gasteiger partial charge is 0.227 e. The summed E-state index contributed by atoms with van der Waals surface area (Å²) in [5.41, 5.74) is 5.90. The van der Waals surface area contributed by atoms with E-state index in [-0.39, 0.29) is 42.7 Å². The molecule has 1 aromatic rings. The van der Waals surface area contributed by atoms with Gasteiger partial charge < -0.3 is 15.5 Å². The molecule has 23 heavy (non-hydrogen) atoms. The summed E-state index contributed by atoms with van der Waals surface area (Å²) in [5.74, 6) is 0.0206. The van der Waals surface area contributed by atoms with E-state index in [0.717, 1.165) is 26.2 Å². The number of carbonyl (C=O) groups excluding carboxylic acids is 1. The second-order valence-corrected chi connectivity index (χ2v) is 6.55. The van der Waals surface area contributed by atoms with Crippen molar-refractivity contribution in [1.82, 2.24) is 9.80 Å². The molecule has 0 bridgehead atoms. The minimum Gasteiger partial charge on any atom is -0.336 e. The van der Waals surface area contributed by atoms with Gasteiger partial charge in [0.1, 0.15) is 0 Å². The zero-order valence-electron chi connectivity index (χ0n) is 14.5. The molecule has 1 aromatic heterocycles. The summed E-state index contributed by atoms with van der Waals surface area (Å²) >= 11 is 1.70. The number of nitrogens with two attached hydrogens (primary N) is 1. The van der Waals surface area contributed by atoms with Crippen LogP contribution in [0, 0.1) is 5.92 Å². The quantitative estimate of drug-likeness (QED) is 0.711. The Morgan fingerprint density at radius 3 is 2.26 bits per heavy atom. The van der Waals surface area contributed by atoms with Crippen LogP contribution in [0.1, 0.15) is 32.6 Å². The van der Waals surface area contributed by atoms with Crippen LogP contribution in [0.5, 0.6) is 0 Å². The fourth-order valence-electron chi connectivity index (χ4n) is 2.17. The second kappa shape index (κ2) is 13.0. The van der Waals surface area contributed by atoms with Gasteiger partial charge in [-0.05, 0) is 31.5 Å². The number of carbonyl (C=O) groups is 1. The van der Waals surface area contributed by atoms with Crippen LogP contribution in [-0.2, 0) is 11.3 Å². The van der Waals surface area contributed by atoms with Crippen molar-refractivity contribution in [2.75, 3.05) is 26.2 Å². The monoisotopic (exact) mass is 383 g/mol. The van der Waals surface area contributed by atoms with Gasteiger partial charge in [0.2, 0.25) is 5.91 Å². The largest absolute Gasteiger partial charge is 0.336 e. The number of hydrogen-bond acceptors (Lipinski definition) is 4. The highest BCUT2D eigenvalue weighted by Gasteiger charge is 2.23. The van der Waals surface area contributed by atoms with Gasteiger partial charge in [0, 0.05) is 24.0 Å². The predicted octanol–water partition coefficient (Wildman–Crippen LogP) is 3.25. The average Bonchev–Trinajstić information content (AvgIpc) is 2.98. The van der Waals surface area contributed by atoms with Crippen LogP contribution in [0.4, 0.5) is 0 Å². The van der Waals surface area contributed by atoms with Gasteiger partial charge >= 0.3 is 0 Å². The highest BCUT2D eigenvalue weighted by atomic mass is 35.5. The standard InChI is InChI=1S/C16H29N3OS.2ClH/c1-5-18(6-2)9-10-19(12-15-8-7-11-21-15)16(20)13(3)14(4)17;;/h7-8,11,13-14H,5-6,9-10,12,17H2,1-4H3;2*1H. The minimum atomic E-state index is -0.137. The van der Waals surface area contributed by atoms with E-state index in [1.165, 1.54) is 4.88 Å². The zero-order chi connectivity index (χ0) is 15.8. The molecule has 0 saturated heterocycles. The predicted molar refractivity (Wildman–Crippen MR) is 105 cm³/mol. The molecule has 1 rings (SSSR count). The SMILES string of the molecule is CCN(CC)CCN(Cc1cccs1)C(=O)C(C)C(C)N.Cl.Cl. The minimum absolute atomic E-state index is 0. The number of nitrogens with zero attached hydrogens (tertiary/aromatic N) is 2. The lowest BCUT2D eigenvalue weighted by molar-refractivity contribution is -0.136. The van der Waals surface area contributed by atoms with Crippen molar-refractivity contribution in [3.8, 4) is 0 Å². The summed E-state index contributed by atoms with van der Waals surface area (Å²) in [6, 6.07) is 4.00. The molecule has 2 atom stereocenters. The lowest BCUT2D eigenvalue weighted by Crippen LogP contribution is -2.44. The third-order valence-corrected chi connectivity index (χ3v) is 4.86. The molecule has 0 aliphatic heterocycles. The van der Waals surface area contributed by atoms with Crippen LogP contribution < -0.4 is 5.73 Å². The first-order valence-electron chi connectivity index (χ1n) is 7.78. The van der Waals surface area contributed by atoms with Crippen LogP contribution >= 0.6 is 36.2 Å². The molecule has 0 aliphatic carbocycles. The third kappa shape index (κ3) is 8.36. The Morgan fingerprint density at radius 1 is 1.22 bits per heavy atom. The first kappa shape index (κ1) is 24.9. The van der Waals surface area contributed by atoms with Crippen molar-refractivity contribution in [2.45, 2.75) is 40.3 Å². The van der Waals surface area contributed by atoms with Gasteiger partial charge in [-0.25, -0.2) is 0 Å². The molecule has 136 valence electrons. The summed E-state index contributed by atoms with van der Waals surface area (Å²) in [6.45, 7) is 12.5. The fourth-order valence-corrected chi connectivity index (χ4v) is 2.89. The molecule has 2 unspecified atom stereocenters. The van der Waals surface area contributed by atoms with Gasteiger partial charge in [0.25, 0.3) is 0 Å². The molecule has 1 amide bonds. The Kier molecular flexibility index (Phi) is 14.1. The first-order chi connectivity index (χ1) is 9.99. The second-order valence-electron chi connectivity index (χ2n) is 5.51. The number of likely N-dealkylation sites (N-methyl/N-ethyl adjacent to an activating group) is 1. The summed E-state index contributed by atoms with van der Waals surface area (Å²) in [6.07, 6.45) is 0. The molecule has 0 saturated carbocycles. The molecule has 2 N–H and O–H groups in total. The highest BCUT2D eigenvalue weighted by molar-refractivity contribution is 7.09. The molecule has 0 aromatic carbocycles. The Balaban J connectivity index is 0. The van der Waals surface area contributed by atoms with Crippen molar-refractivity contribution in [3.63, 3.8) is 0 Å². The lowest BCUT2D eigenvalue weighted by Gasteiger charge is -2.29. The molecular formula is C16H31Cl2N3OS. The molecule has 0 aliphatic rings. The average molecular weight is 384 g/mol. The van der Waals surface area contributed by atoms with E-state index in [1.807, 2.05) is 24.8 Å². The van der Waals surface area contributed by atoms with E-state index in [9.17, 15) is 4.79 Å².